The van der Waals surface area contributed by atoms with Crippen molar-refractivity contribution in [2.24, 2.45) is 0 Å². The molecule has 0 atom stereocenters. The van der Waals surface area contributed by atoms with Gasteiger partial charge in [-0.15, -0.1) is 0 Å². The predicted octanol–water partition coefficient (Wildman–Crippen LogP) is 16.4. The van der Waals surface area contributed by atoms with Gasteiger partial charge in [0.15, 0.2) is 0 Å². The first-order valence-electron chi connectivity index (χ1n) is 23.8. The SMILES string of the molecule is C[Si](C)(C)c1ccc(N(c2ccccc2)c2ccc3c4c(ccc3c2)-c2ccc3cc(N(c5ccccc5)c5ccc([Si](C)(C)C)cc5)ccc3c2C42c3ccccc3-c3ccccc32)cc1. The Balaban J connectivity index is 1.07. The van der Waals surface area contributed by atoms with E-state index in [2.05, 4.69) is 267 Å². The van der Waals surface area contributed by atoms with Crippen LogP contribution in [0.25, 0.3) is 43.8 Å². The van der Waals surface area contributed by atoms with Crippen molar-refractivity contribution < 1.29 is 0 Å². The minimum atomic E-state index is -1.47. The van der Waals surface area contributed by atoms with Crippen LogP contribution in [0.15, 0.2) is 218 Å². The van der Waals surface area contributed by atoms with Crippen molar-refractivity contribution in [2.45, 2.75) is 44.7 Å². The first-order valence-corrected chi connectivity index (χ1v) is 30.8. The molecule has 2 nitrogen and oxygen atoms in total. The lowest BCUT2D eigenvalue weighted by Gasteiger charge is -2.33. The highest BCUT2D eigenvalue weighted by Gasteiger charge is 2.53. The molecule has 0 bridgehead atoms. The van der Waals surface area contributed by atoms with E-state index in [0.29, 0.717) is 0 Å². The van der Waals surface area contributed by atoms with Crippen molar-refractivity contribution in [3.63, 3.8) is 0 Å². The van der Waals surface area contributed by atoms with Gasteiger partial charge in [-0.1, -0.05) is 195 Å². The van der Waals surface area contributed by atoms with E-state index < -0.39 is 21.6 Å². The highest BCUT2D eigenvalue weighted by molar-refractivity contribution is 6.89. The number of hydrogen-bond acceptors (Lipinski definition) is 2. The van der Waals surface area contributed by atoms with E-state index in [1.54, 1.807) is 0 Å². The van der Waals surface area contributed by atoms with Gasteiger partial charge >= 0.3 is 0 Å². The van der Waals surface area contributed by atoms with E-state index in [1.807, 2.05) is 0 Å². The Morgan fingerprint density at radius 2 is 0.642 bits per heavy atom. The molecular weight excluding hydrogens is 841 g/mol. The Bertz CT molecular complexity index is 3290. The van der Waals surface area contributed by atoms with E-state index in [4.69, 9.17) is 0 Å². The van der Waals surface area contributed by atoms with Gasteiger partial charge in [-0.25, -0.2) is 0 Å². The number of rotatable bonds is 8. The smallest absolute Gasteiger partial charge is 0.0775 e. The lowest BCUT2D eigenvalue weighted by atomic mass is 9.68. The van der Waals surface area contributed by atoms with Gasteiger partial charge in [0, 0.05) is 34.1 Å². The number of anilines is 6. The van der Waals surface area contributed by atoms with Crippen LogP contribution in [0, 0.1) is 0 Å². The minimum Gasteiger partial charge on any atom is -0.310 e. The van der Waals surface area contributed by atoms with Crippen LogP contribution < -0.4 is 20.2 Å². The summed E-state index contributed by atoms with van der Waals surface area (Å²) in [7, 11) is -2.94. The molecule has 0 saturated carbocycles. The monoisotopic (exact) mass is 894 g/mol. The standard InChI is InChI=1S/C63H54N2Si2/c1-66(2,3)51-33-27-47(28-34-51)64(45-17-9-7-10-18-45)49-31-39-53-43(41-49)25-37-57-58-38-26-44-42-50(65(46-19-11-8-12-20-46)48-29-35-52(36-30-48)67(4,5)6)32-40-54(44)62(58)63(61(53)57)59-23-15-13-21-55(59)56-22-14-16-24-60(56)63/h7-42H,1-6H3. The molecule has 324 valence electrons. The summed E-state index contributed by atoms with van der Waals surface area (Å²) < 4.78 is 0. The molecule has 0 aromatic heterocycles. The molecule has 0 N–H and O–H groups in total. The lowest BCUT2D eigenvalue weighted by molar-refractivity contribution is 0.809. The van der Waals surface area contributed by atoms with Crippen LogP contribution in [-0.2, 0) is 5.41 Å². The molecule has 67 heavy (non-hydrogen) atoms. The zero-order chi connectivity index (χ0) is 45.7. The van der Waals surface area contributed by atoms with Gasteiger partial charge in [-0.05, 0) is 139 Å². The molecule has 0 unspecified atom stereocenters. The van der Waals surface area contributed by atoms with Crippen molar-refractivity contribution in [3.05, 3.63) is 241 Å². The molecule has 2 aliphatic rings. The van der Waals surface area contributed by atoms with Crippen molar-refractivity contribution >= 4 is 82.2 Å². The molecule has 1 spiro atoms. The molecule has 0 saturated heterocycles. The number of benzene rings is 10. The summed E-state index contributed by atoms with van der Waals surface area (Å²) in [4.78, 5) is 4.83. The van der Waals surface area contributed by atoms with E-state index in [0.717, 1.165) is 34.1 Å². The topological polar surface area (TPSA) is 6.48 Å². The van der Waals surface area contributed by atoms with E-state index >= 15 is 0 Å². The van der Waals surface area contributed by atoms with Crippen molar-refractivity contribution in [3.8, 4) is 22.3 Å². The summed E-state index contributed by atoms with van der Waals surface area (Å²) >= 11 is 0. The predicted molar refractivity (Wildman–Crippen MR) is 293 cm³/mol. The summed E-state index contributed by atoms with van der Waals surface area (Å²) in [6.45, 7) is 14.5. The normalized spacial score (nSPS) is 13.3. The van der Waals surface area contributed by atoms with Crippen LogP contribution in [0.1, 0.15) is 22.3 Å². The van der Waals surface area contributed by atoms with Crippen molar-refractivity contribution in [1.29, 1.82) is 0 Å². The fourth-order valence-electron chi connectivity index (χ4n) is 11.3. The van der Waals surface area contributed by atoms with E-state index in [-0.39, 0.29) is 0 Å². The molecule has 12 rings (SSSR count). The second-order valence-corrected chi connectivity index (χ2v) is 30.7. The third-order valence-corrected chi connectivity index (χ3v) is 18.7. The first-order chi connectivity index (χ1) is 32.5. The van der Waals surface area contributed by atoms with Crippen molar-refractivity contribution in [2.75, 3.05) is 9.80 Å². The van der Waals surface area contributed by atoms with Gasteiger partial charge in [-0.3, -0.25) is 0 Å². The van der Waals surface area contributed by atoms with Gasteiger partial charge in [0.2, 0.25) is 0 Å². The Morgan fingerprint density at radius 3 is 1.03 bits per heavy atom. The quantitative estimate of drug-likeness (QED) is 0.140. The summed E-state index contributed by atoms with van der Waals surface area (Å²) in [6.07, 6.45) is 0. The molecule has 10 aromatic carbocycles. The molecule has 4 heteroatoms. The summed E-state index contributed by atoms with van der Waals surface area (Å²) in [5.74, 6) is 0. The molecule has 0 amide bonds. The Labute approximate surface area is 397 Å². The fourth-order valence-corrected chi connectivity index (χ4v) is 13.7. The third kappa shape index (κ3) is 6.49. The molecule has 0 aliphatic heterocycles. The Morgan fingerprint density at radius 1 is 0.299 bits per heavy atom. The minimum absolute atomic E-state index is 0.530. The second kappa shape index (κ2) is 15.4. The largest absolute Gasteiger partial charge is 0.310 e. The summed E-state index contributed by atoms with van der Waals surface area (Å²) in [6, 6.07) is 82.6. The van der Waals surface area contributed by atoms with Gasteiger partial charge in [0.25, 0.3) is 0 Å². The average molecular weight is 895 g/mol. The maximum Gasteiger partial charge on any atom is 0.0775 e. The van der Waals surface area contributed by atoms with Gasteiger partial charge in [0.05, 0.1) is 21.6 Å². The molecule has 0 heterocycles. The number of hydrogen-bond donors (Lipinski definition) is 0. The molecule has 10 aromatic rings. The first kappa shape index (κ1) is 41.2. The van der Waals surface area contributed by atoms with Crippen LogP contribution in [0.2, 0.25) is 39.3 Å². The van der Waals surface area contributed by atoms with Crippen LogP contribution >= 0.6 is 0 Å². The van der Waals surface area contributed by atoms with Crippen LogP contribution in [0.4, 0.5) is 34.1 Å². The molecule has 0 fully saturated rings. The van der Waals surface area contributed by atoms with E-state index in [9.17, 15) is 0 Å². The van der Waals surface area contributed by atoms with Crippen LogP contribution in [0.3, 0.4) is 0 Å². The summed E-state index contributed by atoms with van der Waals surface area (Å²) in [5, 5.41) is 7.96. The zero-order valence-electron chi connectivity index (χ0n) is 39.2. The highest BCUT2D eigenvalue weighted by Crippen LogP contribution is 2.65. The van der Waals surface area contributed by atoms with Gasteiger partial charge in [0.1, 0.15) is 0 Å². The third-order valence-electron chi connectivity index (χ3n) is 14.5. The number of para-hydroxylation sites is 2. The molecule has 2 aliphatic carbocycles. The molecular formula is C63H54N2Si2. The maximum atomic E-state index is 2.42. The Hall–Kier alpha value is -7.25. The highest BCUT2D eigenvalue weighted by atomic mass is 28.3. The van der Waals surface area contributed by atoms with Crippen molar-refractivity contribution in [1.82, 2.24) is 0 Å². The van der Waals surface area contributed by atoms with Crippen LogP contribution in [0.5, 0.6) is 0 Å². The summed E-state index contributed by atoms with van der Waals surface area (Å²) in [5.41, 5.74) is 17.1. The van der Waals surface area contributed by atoms with Gasteiger partial charge in [-0.2, -0.15) is 0 Å². The molecule has 0 radical (unpaired) electrons. The Kier molecular flexibility index (Phi) is 9.48. The number of fused-ring (bicyclic) bond motifs is 14. The van der Waals surface area contributed by atoms with Crippen LogP contribution in [-0.4, -0.2) is 16.1 Å². The maximum absolute atomic E-state index is 2.42. The van der Waals surface area contributed by atoms with E-state index in [1.165, 1.54) is 76.4 Å². The average Bonchev–Trinajstić information content (AvgIpc) is 3.82. The second-order valence-electron chi connectivity index (χ2n) is 20.6. The number of nitrogens with zero attached hydrogens (tertiary/aromatic N) is 2. The lowest BCUT2D eigenvalue weighted by Crippen LogP contribution is -2.37. The zero-order valence-corrected chi connectivity index (χ0v) is 41.2. The van der Waals surface area contributed by atoms with Gasteiger partial charge < -0.3 is 9.80 Å². The fraction of sp³-hybridized carbons (Fsp3) is 0.111.